The zero-order valence-corrected chi connectivity index (χ0v) is 13.3. The summed E-state index contributed by atoms with van der Waals surface area (Å²) in [6.07, 6.45) is 0.652. The van der Waals surface area contributed by atoms with E-state index in [1.807, 2.05) is 6.92 Å². The minimum absolute atomic E-state index is 0.147. The van der Waals surface area contributed by atoms with Gasteiger partial charge in [0.05, 0.1) is 12.0 Å². The lowest BCUT2D eigenvalue weighted by atomic mass is 10.1. The van der Waals surface area contributed by atoms with Crippen LogP contribution < -0.4 is 0 Å². The highest BCUT2D eigenvalue weighted by atomic mass is 79.9. The molecule has 0 saturated heterocycles. The van der Waals surface area contributed by atoms with Crippen LogP contribution in [0.2, 0.25) is 0 Å². The molecule has 21 heavy (non-hydrogen) atoms. The highest BCUT2D eigenvalue weighted by molar-refractivity contribution is 9.10. The number of carbonyl (C=O) groups excluding carboxylic acids is 2. The van der Waals surface area contributed by atoms with E-state index in [0.29, 0.717) is 17.4 Å². The second kappa shape index (κ2) is 7.72. The Morgan fingerprint density at radius 3 is 2.57 bits per heavy atom. The third kappa shape index (κ3) is 4.82. The average Bonchev–Trinajstić information content (AvgIpc) is 2.45. The van der Waals surface area contributed by atoms with Crippen molar-refractivity contribution in [3.63, 3.8) is 0 Å². The molecule has 0 heterocycles. The van der Waals surface area contributed by atoms with E-state index in [2.05, 4.69) is 20.7 Å². The summed E-state index contributed by atoms with van der Waals surface area (Å²) in [6.45, 7) is 2.03. The third-order valence-corrected chi connectivity index (χ3v) is 3.13. The summed E-state index contributed by atoms with van der Waals surface area (Å²) in [5.41, 5.74) is -0.0457. The number of halogens is 1. The number of nitro groups is 1. The van der Waals surface area contributed by atoms with Crippen LogP contribution in [-0.4, -0.2) is 41.9 Å². The Morgan fingerprint density at radius 1 is 1.38 bits per heavy atom. The molecule has 7 nitrogen and oxygen atoms in total. The molecular weight excluding hydrogens is 344 g/mol. The summed E-state index contributed by atoms with van der Waals surface area (Å²) in [4.78, 5) is 35.3. The average molecular weight is 359 g/mol. The number of rotatable bonds is 6. The van der Waals surface area contributed by atoms with E-state index in [1.165, 1.54) is 30.2 Å². The van der Waals surface area contributed by atoms with Crippen molar-refractivity contribution in [2.45, 2.75) is 13.3 Å². The first kappa shape index (κ1) is 17.1. The first-order chi connectivity index (χ1) is 9.88. The molecule has 0 N–H and O–H groups in total. The zero-order valence-electron chi connectivity index (χ0n) is 11.7. The summed E-state index contributed by atoms with van der Waals surface area (Å²) in [7, 11) is 1.24. The van der Waals surface area contributed by atoms with Gasteiger partial charge in [0.15, 0.2) is 0 Å². The van der Waals surface area contributed by atoms with Crippen LogP contribution in [0.5, 0.6) is 0 Å². The molecule has 0 atom stereocenters. The predicted octanol–water partition coefficient (Wildman–Crippen LogP) is 2.38. The van der Waals surface area contributed by atoms with Crippen LogP contribution in [0.1, 0.15) is 23.7 Å². The fraction of sp³-hybridized carbons (Fsp3) is 0.385. The number of methoxy groups -OCH3 is 1. The maximum absolute atomic E-state index is 12.4. The monoisotopic (exact) mass is 358 g/mol. The van der Waals surface area contributed by atoms with Crippen molar-refractivity contribution >= 4 is 33.5 Å². The Bertz CT molecular complexity index is 561. The van der Waals surface area contributed by atoms with Crippen LogP contribution in [-0.2, 0) is 9.53 Å². The first-order valence-corrected chi connectivity index (χ1v) is 6.99. The Hall–Kier alpha value is -1.96. The van der Waals surface area contributed by atoms with Gasteiger partial charge in [-0.15, -0.1) is 0 Å². The minimum Gasteiger partial charge on any atom is -0.468 e. The molecule has 0 spiro atoms. The normalized spacial score (nSPS) is 10.0. The van der Waals surface area contributed by atoms with Gasteiger partial charge in [-0.05, 0) is 12.5 Å². The fourth-order valence-corrected chi connectivity index (χ4v) is 2.21. The van der Waals surface area contributed by atoms with Crippen LogP contribution in [0.15, 0.2) is 22.7 Å². The first-order valence-electron chi connectivity index (χ1n) is 6.20. The fourth-order valence-electron chi connectivity index (χ4n) is 1.73. The van der Waals surface area contributed by atoms with Gasteiger partial charge in [0.25, 0.3) is 11.6 Å². The van der Waals surface area contributed by atoms with Gasteiger partial charge >= 0.3 is 5.97 Å². The number of benzene rings is 1. The van der Waals surface area contributed by atoms with Crippen LogP contribution in [0, 0.1) is 10.1 Å². The van der Waals surface area contributed by atoms with Crippen LogP contribution in [0.4, 0.5) is 5.69 Å². The van der Waals surface area contributed by atoms with Gasteiger partial charge in [-0.25, -0.2) is 0 Å². The predicted molar refractivity (Wildman–Crippen MR) is 79.0 cm³/mol. The van der Waals surface area contributed by atoms with Crippen molar-refractivity contribution < 1.29 is 19.2 Å². The molecule has 0 saturated carbocycles. The number of nitro benzene ring substituents is 1. The van der Waals surface area contributed by atoms with Crippen LogP contribution in [0.3, 0.4) is 0 Å². The number of nitrogens with zero attached hydrogens (tertiary/aromatic N) is 2. The molecule has 1 aromatic carbocycles. The van der Waals surface area contributed by atoms with Gasteiger partial charge < -0.3 is 9.64 Å². The van der Waals surface area contributed by atoms with Gasteiger partial charge in [0, 0.05) is 28.7 Å². The lowest BCUT2D eigenvalue weighted by molar-refractivity contribution is -0.385. The molecule has 0 bridgehead atoms. The second-order valence-corrected chi connectivity index (χ2v) is 5.17. The van der Waals surface area contributed by atoms with Gasteiger partial charge in [-0.1, -0.05) is 22.9 Å². The minimum atomic E-state index is -0.577. The number of amides is 1. The molecule has 1 aromatic rings. The summed E-state index contributed by atoms with van der Waals surface area (Å²) >= 11 is 3.14. The number of ether oxygens (including phenoxy) is 1. The van der Waals surface area contributed by atoms with Crippen molar-refractivity contribution in [3.05, 3.63) is 38.3 Å². The summed E-state index contributed by atoms with van der Waals surface area (Å²) in [5.74, 6) is -0.993. The molecule has 0 radical (unpaired) electrons. The molecule has 8 heteroatoms. The van der Waals surface area contributed by atoms with Crippen molar-refractivity contribution in [1.82, 2.24) is 4.90 Å². The SMILES string of the molecule is CCCN(CC(=O)OC)C(=O)c1cc(Br)cc([N+](=O)[O-])c1. The molecular formula is C13H15BrN2O5. The van der Waals surface area contributed by atoms with E-state index in [1.54, 1.807) is 0 Å². The Morgan fingerprint density at radius 2 is 2.05 bits per heavy atom. The van der Waals surface area contributed by atoms with E-state index in [9.17, 15) is 19.7 Å². The Balaban J connectivity index is 3.08. The Labute approximate surface area is 130 Å². The van der Waals surface area contributed by atoms with Crippen molar-refractivity contribution in [2.24, 2.45) is 0 Å². The molecule has 0 aromatic heterocycles. The lowest BCUT2D eigenvalue weighted by Gasteiger charge is -2.20. The molecule has 1 amide bonds. The van der Waals surface area contributed by atoms with Gasteiger partial charge in [0.2, 0.25) is 0 Å². The van der Waals surface area contributed by atoms with E-state index in [-0.39, 0.29) is 17.8 Å². The van der Waals surface area contributed by atoms with Crippen molar-refractivity contribution in [1.29, 1.82) is 0 Å². The van der Waals surface area contributed by atoms with E-state index < -0.39 is 16.8 Å². The molecule has 0 fully saturated rings. The highest BCUT2D eigenvalue weighted by Gasteiger charge is 2.21. The number of hydrogen-bond acceptors (Lipinski definition) is 5. The summed E-state index contributed by atoms with van der Waals surface area (Å²) in [5, 5.41) is 10.8. The molecule has 0 aliphatic carbocycles. The maximum atomic E-state index is 12.4. The smallest absolute Gasteiger partial charge is 0.325 e. The molecule has 0 aliphatic heterocycles. The van der Waals surface area contributed by atoms with E-state index in [4.69, 9.17) is 0 Å². The quantitative estimate of drug-likeness (QED) is 0.442. The van der Waals surface area contributed by atoms with E-state index in [0.717, 1.165) is 0 Å². The highest BCUT2D eigenvalue weighted by Crippen LogP contribution is 2.22. The standard InChI is InChI=1S/C13H15BrN2O5/c1-3-4-15(8-12(17)21-2)13(18)9-5-10(14)7-11(6-9)16(19)20/h5-7H,3-4,8H2,1-2H3. The number of non-ortho nitro benzene ring substituents is 1. The topological polar surface area (TPSA) is 89.8 Å². The molecule has 114 valence electrons. The van der Waals surface area contributed by atoms with Crippen LogP contribution >= 0.6 is 15.9 Å². The van der Waals surface area contributed by atoms with Gasteiger partial charge in [-0.2, -0.15) is 0 Å². The molecule has 0 unspecified atom stereocenters. The second-order valence-electron chi connectivity index (χ2n) is 4.26. The summed E-state index contributed by atoms with van der Waals surface area (Å²) < 4.78 is 4.97. The van der Waals surface area contributed by atoms with Crippen LogP contribution in [0.25, 0.3) is 0 Å². The zero-order chi connectivity index (χ0) is 16.0. The van der Waals surface area contributed by atoms with Gasteiger partial charge in [-0.3, -0.25) is 19.7 Å². The van der Waals surface area contributed by atoms with Gasteiger partial charge in [0.1, 0.15) is 6.54 Å². The third-order valence-electron chi connectivity index (χ3n) is 2.67. The molecule has 1 rings (SSSR count). The number of hydrogen-bond donors (Lipinski definition) is 0. The molecule has 0 aliphatic rings. The largest absolute Gasteiger partial charge is 0.468 e. The number of carbonyl (C=O) groups is 2. The van der Waals surface area contributed by atoms with E-state index >= 15 is 0 Å². The number of esters is 1. The van der Waals surface area contributed by atoms with Crippen molar-refractivity contribution in [2.75, 3.05) is 20.2 Å². The lowest BCUT2D eigenvalue weighted by Crippen LogP contribution is -2.36. The maximum Gasteiger partial charge on any atom is 0.325 e. The summed E-state index contributed by atoms with van der Waals surface area (Å²) in [6, 6.07) is 3.98. The van der Waals surface area contributed by atoms with Crippen molar-refractivity contribution in [3.8, 4) is 0 Å². The Kier molecular flexibility index (Phi) is 6.29.